The Kier molecular flexibility index (Phi) is 14.3. The van der Waals surface area contributed by atoms with Crippen LogP contribution in [0.1, 0.15) is 84.6 Å². The van der Waals surface area contributed by atoms with Gasteiger partial charge in [-0.2, -0.15) is 0 Å². The van der Waals surface area contributed by atoms with Crippen molar-refractivity contribution in [3.05, 3.63) is 106 Å². The molecule has 3 aromatic carbocycles. The Labute approximate surface area is 286 Å². The molecular weight excluding hydrogens is 622 g/mol. The molecule has 0 amide bonds. The lowest BCUT2D eigenvalue weighted by atomic mass is 9.84. The lowest BCUT2D eigenvalue weighted by molar-refractivity contribution is -0.148. The molecule has 250 valence electrons. The van der Waals surface area contributed by atoms with Crippen LogP contribution in [-0.4, -0.2) is 54.3 Å². The van der Waals surface area contributed by atoms with Crippen LogP contribution in [0.25, 0.3) is 0 Å². The second-order valence-corrected chi connectivity index (χ2v) is 13.1. The Morgan fingerprint density at radius 1 is 0.804 bits per heavy atom. The molecule has 0 radical (unpaired) electrons. The molecule has 3 aromatic rings. The van der Waals surface area contributed by atoms with Gasteiger partial charge in [0, 0.05) is 38.2 Å². The van der Waals surface area contributed by atoms with E-state index in [0.717, 1.165) is 88.1 Å². The van der Waals surface area contributed by atoms with Gasteiger partial charge in [-0.1, -0.05) is 48.5 Å². The van der Waals surface area contributed by atoms with Crippen LogP contribution in [0.5, 0.6) is 0 Å². The second-order valence-electron chi connectivity index (χ2n) is 13.1. The molecule has 2 heterocycles. The zero-order valence-corrected chi connectivity index (χ0v) is 29.1. The number of hydrogen-bond acceptors (Lipinski definition) is 5. The normalized spacial score (nSPS) is 16.0. The van der Waals surface area contributed by atoms with E-state index in [1.807, 2.05) is 39.0 Å². The van der Waals surface area contributed by atoms with Crippen molar-refractivity contribution in [1.29, 1.82) is 0 Å². The molecule has 1 fully saturated rings. The van der Waals surface area contributed by atoms with Gasteiger partial charge in [0.1, 0.15) is 5.82 Å². The molecule has 0 spiro atoms. The number of esters is 1. The first kappa shape index (κ1) is 37.7. The molecule has 1 saturated heterocycles. The number of halogens is 3. The highest BCUT2D eigenvalue weighted by Crippen LogP contribution is 2.28. The molecule has 46 heavy (non-hydrogen) atoms. The van der Waals surface area contributed by atoms with Crippen molar-refractivity contribution < 1.29 is 18.7 Å². The molecule has 0 bridgehead atoms. The Hall–Kier alpha value is -2.77. The number of hydrogen-bond donors (Lipinski definition) is 0. The van der Waals surface area contributed by atoms with Crippen molar-refractivity contribution in [2.75, 3.05) is 32.8 Å². The standard InChI is InChI=1S/C38H47FN2O3.2ClH/c1-4-44-37(43)38(2,3)34-12-5-29(6-13-34)26-40-21-17-28(18-22-40)9-16-36(42)33-11-10-31-19-23-41(24-20-32(31)25-33)27-30-7-14-35(39)15-8-30;;/h5-8,10-15,25,28H,4,9,16-24,26-27H2,1-3H3;2*1H. The first-order chi connectivity index (χ1) is 21.2. The molecule has 2 aliphatic rings. The maximum atomic E-state index is 13.3. The second kappa shape index (κ2) is 17.4. The van der Waals surface area contributed by atoms with E-state index in [1.165, 1.54) is 28.8 Å². The van der Waals surface area contributed by atoms with E-state index in [-0.39, 0.29) is 42.4 Å². The Bertz CT molecular complexity index is 1420. The average Bonchev–Trinajstić information content (AvgIpc) is 3.23. The van der Waals surface area contributed by atoms with Crippen LogP contribution >= 0.6 is 24.8 Å². The molecule has 0 unspecified atom stereocenters. The number of piperidine rings is 1. The molecule has 8 heteroatoms. The summed E-state index contributed by atoms with van der Waals surface area (Å²) in [4.78, 5) is 30.5. The first-order valence-corrected chi connectivity index (χ1v) is 16.3. The van der Waals surface area contributed by atoms with Gasteiger partial charge in [0.05, 0.1) is 12.0 Å². The monoisotopic (exact) mass is 670 g/mol. The molecule has 2 aliphatic heterocycles. The van der Waals surface area contributed by atoms with Crippen LogP contribution < -0.4 is 0 Å². The summed E-state index contributed by atoms with van der Waals surface area (Å²) in [5, 5.41) is 0. The minimum Gasteiger partial charge on any atom is -0.465 e. The SMILES string of the molecule is CCOC(=O)C(C)(C)c1ccc(CN2CCC(CCC(=O)c3ccc4c(c3)CCN(Cc3ccc(F)cc3)CC4)CC2)cc1.Cl.Cl. The number of rotatable bonds is 11. The third-order valence-electron chi connectivity index (χ3n) is 9.60. The van der Waals surface area contributed by atoms with Crippen LogP contribution in [-0.2, 0) is 40.9 Å². The van der Waals surface area contributed by atoms with Crippen LogP contribution in [0, 0.1) is 11.7 Å². The summed E-state index contributed by atoms with van der Waals surface area (Å²) in [7, 11) is 0. The van der Waals surface area contributed by atoms with E-state index in [1.54, 1.807) is 0 Å². The summed E-state index contributed by atoms with van der Waals surface area (Å²) in [5.74, 6) is 0.454. The van der Waals surface area contributed by atoms with Gasteiger partial charge in [-0.3, -0.25) is 19.4 Å². The number of ketones is 1. The van der Waals surface area contributed by atoms with Crippen molar-refractivity contribution in [2.24, 2.45) is 5.92 Å². The Balaban J connectivity index is 0.00000288. The fourth-order valence-electron chi connectivity index (χ4n) is 6.58. The van der Waals surface area contributed by atoms with Gasteiger partial charge in [0.2, 0.25) is 0 Å². The number of ether oxygens (including phenoxy) is 1. The number of likely N-dealkylation sites (tertiary alicyclic amines) is 1. The predicted octanol–water partition coefficient (Wildman–Crippen LogP) is 7.99. The first-order valence-electron chi connectivity index (χ1n) is 16.3. The predicted molar refractivity (Wildman–Crippen MR) is 188 cm³/mol. The number of nitrogens with zero attached hydrogens (tertiary/aromatic N) is 2. The number of benzene rings is 3. The molecule has 0 saturated carbocycles. The molecule has 0 aliphatic carbocycles. The van der Waals surface area contributed by atoms with Crippen molar-refractivity contribution >= 4 is 36.6 Å². The molecule has 5 rings (SSSR count). The zero-order valence-electron chi connectivity index (χ0n) is 27.4. The van der Waals surface area contributed by atoms with Crippen LogP contribution in [0.2, 0.25) is 0 Å². The summed E-state index contributed by atoms with van der Waals surface area (Å²) in [6, 6.07) is 21.5. The fourth-order valence-corrected chi connectivity index (χ4v) is 6.58. The maximum absolute atomic E-state index is 13.3. The summed E-state index contributed by atoms with van der Waals surface area (Å²) >= 11 is 0. The van der Waals surface area contributed by atoms with Crippen molar-refractivity contribution in [3.8, 4) is 0 Å². The third-order valence-corrected chi connectivity index (χ3v) is 9.60. The van der Waals surface area contributed by atoms with Crippen LogP contribution in [0.4, 0.5) is 4.39 Å². The van der Waals surface area contributed by atoms with Gasteiger partial charge < -0.3 is 4.74 Å². The zero-order chi connectivity index (χ0) is 31.1. The van der Waals surface area contributed by atoms with E-state index in [9.17, 15) is 14.0 Å². The van der Waals surface area contributed by atoms with Gasteiger partial charge >= 0.3 is 5.97 Å². The van der Waals surface area contributed by atoms with Crippen LogP contribution in [0.3, 0.4) is 0 Å². The summed E-state index contributed by atoms with van der Waals surface area (Å²) in [6.45, 7) is 11.8. The smallest absolute Gasteiger partial charge is 0.315 e. The molecule has 0 aromatic heterocycles. The van der Waals surface area contributed by atoms with E-state index in [4.69, 9.17) is 4.74 Å². The minimum absolute atomic E-state index is 0. The lowest BCUT2D eigenvalue weighted by Crippen LogP contribution is -2.33. The van der Waals surface area contributed by atoms with Crippen molar-refractivity contribution in [2.45, 2.75) is 77.8 Å². The molecule has 5 nitrogen and oxygen atoms in total. The van der Waals surface area contributed by atoms with Gasteiger partial charge in [-0.15, -0.1) is 24.8 Å². The summed E-state index contributed by atoms with van der Waals surface area (Å²) in [5.41, 5.74) is 6.18. The van der Waals surface area contributed by atoms with Gasteiger partial charge in [-0.25, -0.2) is 4.39 Å². The third kappa shape index (κ3) is 9.87. The molecular formula is C38H49Cl2FN2O3. The van der Waals surface area contributed by atoms with Gasteiger partial charge in [0.15, 0.2) is 5.78 Å². The van der Waals surface area contributed by atoms with Crippen molar-refractivity contribution in [3.63, 3.8) is 0 Å². The summed E-state index contributed by atoms with van der Waals surface area (Å²) in [6.07, 6.45) is 5.71. The van der Waals surface area contributed by atoms with Crippen molar-refractivity contribution in [1.82, 2.24) is 9.80 Å². The van der Waals surface area contributed by atoms with E-state index < -0.39 is 5.41 Å². The molecule has 0 N–H and O–H groups in total. The number of fused-ring (bicyclic) bond motifs is 1. The maximum Gasteiger partial charge on any atom is 0.315 e. The summed E-state index contributed by atoms with van der Waals surface area (Å²) < 4.78 is 18.5. The lowest BCUT2D eigenvalue weighted by Gasteiger charge is -2.32. The highest BCUT2D eigenvalue weighted by atomic mass is 35.5. The highest BCUT2D eigenvalue weighted by Gasteiger charge is 2.31. The largest absolute Gasteiger partial charge is 0.465 e. The average molecular weight is 672 g/mol. The topological polar surface area (TPSA) is 49.9 Å². The molecule has 0 atom stereocenters. The van der Waals surface area contributed by atoms with Gasteiger partial charge in [0.25, 0.3) is 0 Å². The number of carbonyl (C=O) groups excluding carboxylic acids is 2. The highest BCUT2D eigenvalue weighted by molar-refractivity contribution is 5.96. The van der Waals surface area contributed by atoms with Crippen LogP contribution in [0.15, 0.2) is 66.7 Å². The van der Waals surface area contributed by atoms with E-state index in [2.05, 4.69) is 46.2 Å². The number of Topliss-reactive ketones (excluding diaryl/α,β-unsaturated/α-hetero) is 1. The van der Waals surface area contributed by atoms with E-state index >= 15 is 0 Å². The Morgan fingerprint density at radius 2 is 1.37 bits per heavy atom. The quantitative estimate of drug-likeness (QED) is 0.153. The fraction of sp³-hybridized carbons (Fsp3) is 0.474. The Morgan fingerprint density at radius 3 is 1.98 bits per heavy atom. The minimum atomic E-state index is -0.657. The van der Waals surface area contributed by atoms with Gasteiger partial charge in [-0.05, 0) is 118 Å². The van der Waals surface area contributed by atoms with E-state index in [0.29, 0.717) is 18.9 Å². The number of carbonyl (C=O) groups is 2.